The molecule has 0 radical (unpaired) electrons. The summed E-state index contributed by atoms with van der Waals surface area (Å²) in [6.07, 6.45) is 3.01. The van der Waals surface area contributed by atoms with Gasteiger partial charge in [0.25, 0.3) is 5.91 Å². The molecule has 0 saturated carbocycles. The first-order chi connectivity index (χ1) is 8.68. The SMILES string of the molecule is CC(C)N(Cc1ccccc1)C(=O)c1ccoc1. The standard InChI is InChI=1S/C15H17NO2/c1-12(2)16(10-13-6-4-3-5-7-13)15(17)14-8-9-18-11-14/h3-9,11-12H,10H2,1-2H3. The van der Waals surface area contributed by atoms with E-state index >= 15 is 0 Å². The lowest BCUT2D eigenvalue weighted by molar-refractivity contribution is 0.0689. The molecule has 0 aliphatic heterocycles. The maximum Gasteiger partial charge on any atom is 0.257 e. The van der Waals surface area contributed by atoms with Gasteiger partial charge in [0, 0.05) is 12.6 Å². The van der Waals surface area contributed by atoms with Gasteiger partial charge >= 0.3 is 0 Å². The Hall–Kier alpha value is -2.03. The third-order valence-corrected chi connectivity index (χ3v) is 2.85. The van der Waals surface area contributed by atoms with Crippen LogP contribution in [0, 0.1) is 0 Å². The fourth-order valence-corrected chi connectivity index (χ4v) is 1.82. The second-order valence-corrected chi connectivity index (χ2v) is 4.52. The van der Waals surface area contributed by atoms with Crippen molar-refractivity contribution in [2.24, 2.45) is 0 Å². The molecule has 0 N–H and O–H groups in total. The highest BCUT2D eigenvalue weighted by molar-refractivity contribution is 5.93. The molecule has 0 fully saturated rings. The number of rotatable bonds is 4. The minimum Gasteiger partial charge on any atom is -0.472 e. The Bertz CT molecular complexity index is 488. The normalized spacial score (nSPS) is 10.6. The number of carbonyl (C=O) groups is 1. The highest BCUT2D eigenvalue weighted by atomic mass is 16.3. The molecule has 0 aliphatic rings. The molecule has 1 amide bonds. The monoisotopic (exact) mass is 243 g/mol. The van der Waals surface area contributed by atoms with Crippen molar-refractivity contribution in [3.8, 4) is 0 Å². The number of nitrogens with zero attached hydrogens (tertiary/aromatic N) is 1. The quantitative estimate of drug-likeness (QED) is 0.825. The zero-order valence-electron chi connectivity index (χ0n) is 10.7. The summed E-state index contributed by atoms with van der Waals surface area (Å²) < 4.78 is 4.97. The van der Waals surface area contributed by atoms with E-state index in [1.807, 2.05) is 49.1 Å². The van der Waals surface area contributed by atoms with E-state index < -0.39 is 0 Å². The average Bonchev–Trinajstić information content (AvgIpc) is 2.90. The van der Waals surface area contributed by atoms with Crippen LogP contribution in [0.25, 0.3) is 0 Å². The van der Waals surface area contributed by atoms with E-state index in [4.69, 9.17) is 4.42 Å². The lowest BCUT2D eigenvalue weighted by Crippen LogP contribution is -2.36. The Kier molecular flexibility index (Phi) is 3.82. The first-order valence-electron chi connectivity index (χ1n) is 6.05. The van der Waals surface area contributed by atoms with Gasteiger partial charge in [-0.1, -0.05) is 30.3 Å². The van der Waals surface area contributed by atoms with Crippen LogP contribution in [0.15, 0.2) is 53.3 Å². The predicted molar refractivity (Wildman–Crippen MR) is 70.2 cm³/mol. The molecule has 3 heteroatoms. The number of benzene rings is 1. The zero-order chi connectivity index (χ0) is 13.0. The molecule has 3 nitrogen and oxygen atoms in total. The Morgan fingerprint density at radius 1 is 1.22 bits per heavy atom. The summed E-state index contributed by atoms with van der Waals surface area (Å²) in [6, 6.07) is 11.8. The Morgan fingerprint density at radius 3 is 2.50 bits per heavy atom. The molecule has 1 aromatic heterocycles. The van der Waals surface area contributed by atoms with Crippen LogP contribution in [0.2, 0.25) is 0 Å². The second-order valence-electron chi connectivity index (χ2n) is 4.52. The van der Waals surface area contributed by atoms with Crippen LogP contribution in [-0.2, 0) is 6.54 Å². The van der Waals surface area contributed by atoms with Gasteiger partial charge in [0.1, 0.15) is 6.26 Å². The van der Waals surface area contributed by atoms with Crippen molar-refractivity contribution in [3.05, 3.63) is 60.1 Å². The molecular formula is C15H17NO2. The van der Waals surface area contributed by atoms with Gasteiger partial charge in [0.2, 0.25) is 0 Å². The average molecular weight is 243 g/mol. The van der Waals surface area contributed by atoms with E-state index in [2.05, 4.69) is 0 Å². The summed E-state index contributed by atoms with van der Waals surface area (Å²) in [6.45, 7) is 4.64. The minimum absolute atomic E-state index is 0.00241. The van der Waals surface area contributed by atoms with Crippen molar-refractivity contribution >= 4 is 5.91 Å². The Morgan fingerprint density at radius 2 is 1.94 bits per heavy atom. The summed E-state index contributed by atoms with van der Waals surface area (Å²) in [5, 5.41) is 0. The van der Waals surface area contributed by atoms with Crippen molar-refractivity contribution < 1.29 is 9.21 Å². The Balaban J connectivity index is 2.17. The fourth-order valence-electron chi connectivity index (χ4n) is 1.82. The molecule has 0 spiro atoms. The summed E-state index contributed by atoms with van der Waals surface area (Å²) >= 11 is 0. The molecule has 1 heterocycles. The third-order valence-electron chi connectivity index (χ3n) is 2.85. The van der Waals surface area contributed by atoms with E-state index in [0.717, 1.165) is 5.56 Å². The summed E-state index contributed by atoms with van der Waals surface area (Å²) in [5.74, 6) is 0.00241. The van der Waals surface area contributed by atoms with E-state index in [9.17, 15) is 4.79 Å². The predicted octanol–water partition coefficient (Wildman–Crippen LogP) is 3.33. The van der Waals surface area contributed by atoms with Crippen molar-refractivity contribution in [2.45, 2.75) is 26.4 Å². The highest BCUT2D eigenvalue weighted by Crippen LogP contribution is 2.13. The minimum atomic E-state index is 0.00241. The molecule has 94 valence electrons. The van der Waals surface area contributed by atoms with Crippen LogP contribution in [-0.4, -0.2) is 16.8 Å². The number of hydrogen-bond acceptors (Lipinski definition) is 2. The topological polar surface area (TPSA) is 33.5 Å². The van der Waals surface area contributed by atoms with Gasteiger partial charge in [-0.05, 0) is 25.5 Å². The van der Waals surface area contributed by atoms with Crippen molar-refractivity contribution in [3.63, 3.8) is 0 Å². The van der Waals surface area contributed by atoms with Gasteiger partial charge in [0.05, 0.1) is 11.8 Å². The number of hydrogen-bond donors (Lipinski definition) is 0. The summed E-state index contributed by atoms with van der Waals surface area (Å²) in [4.78, 5) is 14.2. The number of furan rings is 1. The molecule has 0 saturated heterocycles. The van der Waals surface area contributed by atoms with Gasteiger partial charge in [-0.15, -0.1) is 0 Å². The van der Waals surface area contributed by atoms with Crippen LogP contribution in [0.4, 0.5) is 0 Å². The summed E-state index contributed by atoms with van der Waals surface area (Å²) in [7, 11) is 0. The fraction of sp³-hybridized carbons (Fsp3) is 0.267. The van der Waals surface area contributed by atoms with Crippen LogP contribution >= 0.6 is 0 Å². The largest absolute Gasteiger partial charge is 0.472 e. The molecule has 0 atom stereocenters. The third kappa shape index (κ3) is 2.80. The van der Waals surface area contributed by atoms with Crippen molar-refractivity contribution in [2.75, 3.05) is 0 Å². The molecule has 0 unspecified atom stereocenters. The molecule has 1 aromatic carbocycles. The number of carbonyl (C=O) groups excluding carboxylic acids is 1. The van der Waals surface area contributed by atoms with Crippen LogP contribution in [0.3, 0.4) is 0 Å². The maximum absolute atomic E-state index is 12.3. The van der Waals surface area contributed by atoms with E-state index in [1.165, 1.54) is 12.5 Å². The van der Waals surface area contributed by atoms with Crippen molar-refractivity contribution in [1.82, 2.24) is 4.90 Å². The van der Waals surface area contributed by atoms with Gasteiger partial charge in [-0.3, -0.25) is 4.79 Å². The van der Waals surface area contributed by atoms with Gasteiger partial charge in [-0.25, -0.2) is 0 Å². The summed E-state index contributed by atoms with van der Waals surface area (Å²) in [5.41, 5.74) is 1.72. The van der Waals surface area contributed by atoms with Crippen LogP contribution < -0.4 is 0 Å². The van der Waals surface area contributed by atoms with Gasteiger partial charge in [-0.2, -0.15) is 0 Å². The number of amides is 1. The first-order valence-corrected chi connectivity index (χ1v) is 6.05. The molecule has 0 aliphatic carbocycles. The van der Waals surface area contributed by atoms with Gasteiger partial charge < -0.3 is 9.32 Å². The smallest absolute Gasteiger partial charge is 0.257 e. The lowest BCUT2D eigenvalue weighted by atomic mass is 10.1. The van der Waals surface area contributed by atoms with Crippen LogP contribution in [0.5, 0.6) is 0 Å². The molecule has 18 heavy (non-hydrogen) atoms. The lowest BCUT2D eigenvalue weighted by Gasteiger charge is -2.26. The van der Waals surface area contributed by atoms with Crippen LogP contribution in [0.1, 0.15) is 29.8 Å². The van der Waals surface area contributed by atoms with E-state index in [1.54, 1.807) is 6.07 Å². The molecule has 0 bridgehead atoms. The molecular weight excluding hydrogens is 226 g/mol. The first kappa shape index (κ1) is 12.4. The van der Waals surface area contributed by atoms with E-state index in [0.29, 0.717) is 12.1 Å². The maximum atomic E-state index is 12.3. The van der Waals surface area contributed by atoms with E-state index in [-0.39, 0.29) is 11.9 Å². The molecule has 2 rings (SSSR count). The zero-order valence-corrected chi connectivity index (χ0v) is 10.7. The second kappa shape index (κ2) is 5.54. The molecule has 2 aromatic rings. The van der Waals surface area contributed by atoms with Gasteiger partial charge in [0.15, 0.2) is 0 Å². The van der Waals surface area contributed by atoms with Crippen molar-refractivity contribution in [1.29, 1.82) is 0 Å². The Labute approximate surface area is 107 Å². The highest BCUT2D eigenvalue weighted by Gasteiger charge is 2.19.